The Hall–Kier alpha value is -4.18. The van der Waals surface area contributed by atoms with E-state index >= 15 is 4.79 Å². The minimum Gasteiger partial charge on any atom is -0.497 e. The number of sulfonamides is 1. The minimum absolute atomic E-state index is 0.00784. The Morgan fingerprint density at radius 1 is 1.05 bits per heavy atom. The lowest BCUT2D eigenvalue weighted by Crippen LogP contribution is -2.58. The van der Waals surface area contributed by atoms with Crippen molar-refractivity contribution in [3.8, 4) is 23.4 Å². The van der Waals surface area contributed by atoms with Crippen LogP contribution in [-0.4, -0.2) is 92.5 Å². The summed E-state index contributed by atoms with van der Waals surface area (Å²) in [5, 5.41) is 21.0. The Morgan fingerprint density at radius 2 is 1.79 bits per heavy atom. The standard InChI is InChI=1S/C27H27ClN4O10S/c1-39-16-6-8-22(21(11-16)40-2)43(37,38)32-19-7-5-14(28)9-17(19)27(25(32)36,31-13-15(33)10-20(31)24(34)35)18-12-29-26(42-4)30-23(18)41-3/h5-9,11-12,15,20,33H,10,13H2,1-4H3,(H,34,35)/t15-,20+,27?/m1/s1. The normalized spacial score (nSPS) is 21.9. The van der Waals surface area contributed by atoms with Gasteiger partial charge in [-0.15, -0.1) is 0 Å². The number of carbonyl (C=O) groups is 2. The minimum atomic E-state index is -4.76. The predicted molar refractivity (Wildman–Crippen MR) is 150 cm³/mol. The number of aliphatic carboxylic acids is 1. The SMILES string of the molecule is COc1ccc(S(=O)(=O)N2C(=O)C(c3cnc(OC)nc3OC)(N3C[C@H](O)C[C@H]3C(=O)O)c3cc(Cl)ccc32)c(OC)c1. The van der Waals surface area contributed by atoms with E-state index in [1.807, 2.05) is 0 Å². The highest BCUT2D eigenvalue weighted by atomic mass is 35.5. The molecule has 1 aromatic heterocycles. The van der Waals surface area contributed by atoms with Gasteiger partial charge in [0.15, 0.2) is 5.54 Å². The first-order valence-corrected chi connectivity index (χ1v) is 14.5. The van der Waals surface area contributed by atoms with Crippen LogP contribution in [0.15, 0.2) is 47.5 Å². The summed E-state index contributed by atoms with van der Waals surface area (Å²) >= 11 is 6.42. The number of rotatable bonds is 9. The number of carboxylic acids is 1. The van der Waals surface area contributed by atoms with E-state index in [-0.39, 0.29) is 57.3 Å². The molecule has 0 spiro atoms. The second-order valence-corrected chi connectivity index (χ2v) is 11.8. The van der Waals surface area contributed by atoms with Crippen molar-refractivity contribution in [2.75, 3.05) is 39.3 Å². The number of benzene rings is 2. The lowest BCUT2D eigenvalue weighted by molar-refractivity contribution is -0.145. The molecule has 2 aromatic carbocycles. The summed E-state index contributed by atoms with van der Waals surface area (Å²) in [4.78, 5) is 36.7. The molecule has 16 heteroatoms. The number of aliphatic hydroxyl groups is 1. The Morgan fingerprint density at radius 3 is 2.42 bits per heavy atom. The van der Waals surface area contributed by atoms with Crippen LogP contribution in [0.3, 0.4) is 0 Å². The molecule has 1 fully saturated rings. The summed E-state index contributed by atoms with van der Waals surface area (Å²) in [6, 6.07) is 6.50. The predicted octanol–water partition coefficient (Wildman–Crippen LogP) is 1.66. The number of β-amino-alcohol motifs (C(OH)–C–C–N with tert-alkyl or cyclic N) is 1. The van der Waals surface area contributed by atoms with Crippen LogP contribution in [-0.2, 0) is 25.2 Å². The molecule has 2 aliphatic rings. The average molecular weight is 635 g/mol. The molecule has 2 N–H and O–H groups in total. The number of fused-ring (bicyclic) bond motifs is 1. The summed E-state index contributed by atoms with van der Waals surface area (Å²) in [5.41, 5.74) is -2.45. The third kappa shape index (κ3) is 4.59. The molecule has 1 amide bonds. The molecular weight excluding hydrogens is 608 g/mol. The highest BCUT2D eigenvalue weighted by molar-refractivity contribution is 7.93. The Labute approximate surface area is 251 Å². The molecule has 3 atom stereocenters. The van der Waals surface area contributed by atoms with E-state index in [4.69, 9.17) is 30.5 Å². The van der Waals surface area contributed by atoms with Gasteiger partial charge in [0, 0.05) is 35.8 Å². The fourth-order valence-corrected chi connectivity index (χ4v) is 7.41. The third-order valence-electron chi connectivity index (χ3n) is 7.44. The first kappa shape index (κ1) is 30.3. The fourth-order valence-electron chi connectivity index (χ4n) is 5.64. The van der Waals surface area contributed by atoms with E-state index in [1.165, 1.54) is 75.9 Å². The van der Waals surface area contributed by atoms with Crippen LogP contribution in [0, 0.1) is 0 Å². The first-order chi connectivity index (χ1) is 20.4. The topological polar surface area (TPSA) is 178 Å². The number of carboxylic acid groups (broad SMARTS) is 1. The Balaban J connectivity index is 1.87. The number of amides is 1. The van der Waals surface area contributed by atoms with Crippen molar-refractivity contribution in [3.05, 3.63) is 58.7 Å². The number of hydrogen-bond donors (Lipinski definition) is 2. The second-order valence-electron chi connectivity index (χ2n) is 9.64. The zero-order valence-corrected chi connectivity index (χ0v) is 24.9. The largest absolute Gasteiger partial charge is 0.497 e. The third-order valence-corrected chi connectivity index (χ3v) is 9.41. The van der Waals surface area contributed by atoms with Crippen LogP contribution in [0.1, 0.15) is 17.5 Å². The van der Waals surface area contributed by atoms with E-state index in [0.29, 0.717) is 10.1 Å². The molecule has 3 aromatic rings. The second kappa shape index (κ2) is 11.1. The number of methoxy groups -OCH3 is 4. The van der Waals surface area contributed by atoms with E-state index in [2.05, 4.69) is 9.97 Å². The van der Waals surface area contributed by atoms with Crippen molar-refractivity contribution in [1.82, 2.24) is 14.9 Å². The summed E-state index contributed by atoms with van der Waals surface area (Å²) in [5.74, 6) is -2.45. The molecule has 1 saturated heterocycles. The summed E-state index contributed by atoms with van der Waals surface area (Å²) in [6.45, 7) is -0.330. The van der Waals surface area contributed by atoms with Gasteiger partial charge in [-0.2, -0.15) is 4.98 Å². The van der Waals surface area contributed by atoms with Crippen molar-refractivity contribution in [2.45, 2.75) is 29.0 Å². The lowest BCUT2D eigenvalue weighted by Gasteiger charge is -2.40. The van der Waals surface area contributed by atoms with Gasteiger partial charge in [0.1, 0.15) is 22.4 Å². The molecule has 228 valence electrons. The van der Waals surface area contributed by atoms with Gasteiger partial charge in [0.2, 0.25) is 5.88 Å². The number of anilines is 1. The van der Waals surface area contributed by atoms with Crippen LogP contribution in [0.25, 0.3) is 0 Å². The molecule has 14 nitrogen and oxygen atoms in total. The summed E-state index contributed by atoms with van der Waals surface area (Å²) in [7, 11) is 0.484. The van der Waals surface area contributed by atoms with Gasteiger partial charge in [-0.25, -0.2) is 17.7 Å². The van der Waals surface area contributed by atoms with E-state index < -0.39 is 39.6 Å². The molecule has 0 saturated carbocycles. The number of ether oxygens (including phenoxy) is 4. The quantitative estimate of drug-likeness (QED) is 0.348. The highest BCUT2D eigenvalue weighted by Crippen LogP contribution is 2.55. The van der Waals surface area contributed by atoms with Gasteiger partial charge >= 0.3 is 12.0 Å². The zero-order valence-electron chi connectivity index (χ0n) is 23.3. The maximum atomic E-state index is 15.0. The van der Waals surface area contributed by atoms with Crippen LogP contribution < -0.4 is 23.3 Å². The lowest BCUT2D eigenvalue weighted by atomic mass is 9.82. The maximum Gasteiger partial charge on any atom is 0.321 e. The van der Waals surface area contributed by atoms with Gasteiger partial charge in [0.25, 0.3) is 15.9 Å². The van der Waals surface area contributed by atoms with Crippen LogP contribution in [0.2, 0.25) is 5.02 Å². The number of aromatic nitrogens is 2. The molecule has 3 heterocycles. The fraction of sp³-hybridized carbons (Fsp3) is 0.333. The molecule has 5 rings (SSSR count). The smallest absolute Gasteiger partial charge is 0.321 e. The molecular formula is C27H27ClN4O10S. The van der Waals surface area contributed by atoms with Crippen LogP contribution in [0.5, 0.6) is 23.4 Å². The number of aliphatic hydroxyl groups excluding tert-OH is 1. The maximum absolute atomic E-state index is 15.0. The van der Waals surface area contributed by atoms with E-state index in [1.54, 1.807) is 0 Å². The molecule has 0 aliphatic carbocycles. The summed E-state index contributed by atoms with van der Waals surface area (Å²) in [6.07, 6.45) is -0.231. The van der Waals surface area contributed by atoms with Crippen molar-refractivity contribution in [1.29, 1.82) is 0 Å². The van der Waals surface area contributed by atoms with Gasteiger partial charge < -0.3 is 29.2 Å². The van der Waals surface area contributed by atoms with Gasteiger partial charge in [-0.3, -0.25) is 14.5 Å². The van der Waals surface area contributed by atoms with Gasteiger partial charge in [-0.05, 0) is 30.3 Å². The molecule has 43 heavy (non-hydrogen) atoms. The van der Waals surface area contributed by atoms with Crippen molar-refractivity contribution in [3.63, 3.8) is 0 Å². The van der Waals surface area contributed by atoms with E-state index in [0.717, 1.165) is 0 Å². The molecule has 0 bridgehead atoms. The average Bonchev–Trinajstić information content (AvgIpc) is 3.51. The van der Waals surface area contributed by atoms with Crippen molar-refractivity contribution >= 4 is 39.2 Å². The number of carbonyl (C=O) groups excluding carboxylic acids is 1. The van der Waals surface area contributed by atoms with Crippen LogP contribution in [0.4, 0.5) is 5.69 Å². The van der Waals surface area contributed by atoms with Crippen LogP contribution >= 0.6 is 11.6 Å². The monoisotopic (exact) mass is 634 g/mol. The number of likely N-dealkylation sites (tertiary alicyclic amines) is 1. The van der Waals surface area contributed by atoms with E-state index in [9.17, 15) is 23.4 Å². The number of hydrogen-bond acceptors (Lipinski definition) is 12. The summed E-state index contributed by atoms with van der Waals surface area (Å²) < 4.78 is 50.6. The number of halogens is 1. The molecule has 2 aliphatic heterocycles. The first-order valence-electron chi connectivity index (χ1n) is 12.7. The Bertz CT molecular complexity index is 1720. The zero-order chi connectivity index (χ0) is 31.3. The van der Waals surface area contributed by atoms with Crippen molar-refractivity contribution < 1.29 is 47.2 Å². The molecule has 0 radical (unpaired) electrons. The van der Waals surface area contributed by atoms with Gasteiger partial charge in [-0.1, -0.05) is 11.6 Å². The van der Waals surface area contributed by atoms with Crippen molar-refractivity contribution in [2.24, 2.45) is 0 Å². The highest BCUT2D eigenvalue weighted by Gasteiger charge is 2.64. The Kier molecular flexibility index (Phi) is 7.85. The van der Waals surface area contributed by atoms with Gasteiger partial charge in [0.05, 0.1) is 45.8 Å². The molecule has 1 unspecified atom stereocenters. The number of nitrogens with zero attached hydrogens (tertiary/aromatic N) is 4.